The quantitative estimate of drug-likeness (QED) is 0.628. The van der Waals surface area contributed by atoms with Crippen LogP contribution in [0.1, 0.15) is 26.2 Å². The van der Waals surface area contributed by atoms with Crippen LogP contribution >= 0.6 is 0 Å². The SMILES string of the molecule is CCCN(C1CCNCC1)S(=O)(=O)c1cccc(F)c1[N+](=O)[O-]. The van der Waals surface area contributed by atoms with E-state index >= 15 is 0 Å². The molecule has 128 valence electrons. The predicted octanol–water partition coefficient (Wildman–Crippen LogP) is 1.89. The van der Waals surface area contributed by atoms with Crippen LogP contribution in [0.25, 0.3) is 0 Å². The van der Waals surface area contributed by atoms with E-state index in [1.165, 1.54) is 10.4 Å². The van der Waals surface area contributed by atoms with Gasteiger partial charge in [0.2, 0.25) is 15.8 Å². The van der Waals surface area contributed by atoms with E-state index < -0.39 is 31.3 Å². The summed E-state index contributed by atoms with van der Waals surface area (Å²) >= 11 is 0. The van der Waals surface area contributed by atoms with Crippen LogP contribution in [-0.4, -0.2) is 43.3 Å². The van der Waals surface area contributed by atoms with Gasteiger partial charge in [-0.25, -0.2) is 8.42 Å². The van der Waals surface area contributed by atoms with Crippen molar-refractivity contribution in [3.63, 3.8) is 0 Å². The molecule has 0 atom stereocenters. The van der Waals surface area contributed by atoms with E-state index in [1.54, 1.807) is 0 Å². The molecule has 1 N–H and O–H groups in total. The number of benzene rings is 1. The molecule has 0 radical (unpaired) electrons. The van der Waals surface area contributed by atoms with Gasteiger partial charge < -0.3 is 5.32 Å². The zero-order valence-electron chi connectivity index (χ0n) is 12.9. The lowest BCUT2D eigenvalue weighted by molar-refractivity contribution is -0.390. The summed E-state index contributed by atoms with van der Waals surface area (Å²) in [7, 11) is -4.14. The van der Waals surface area contributed by atoms with Gasteiger partial charge in [0.05, 0.1) is 4.92 Å². The van der Waals surface area contributed by atoms with Crippen LogP contribution in [0.4, 0.5) is 10.1 Å². The maximum Gasteiger partial charge on any atom is 0.324 e. The smallest absolute Gasteiger partial charge is 0.317 e. The summed E-state index contributed by atoms with van der Waals surface area (Å²) in [6, 6.07) is 2.94. The number of sulfonamides is 1. The van der Waals surface area contributed by atoms with Crippen molar-refractivity contribution in [2.45, 2.75) is 37.1 Å². The molecule has 9 heteroatoms. The molecule has 0 spiro atoms. The van der Waals surface area contributed by atoms with Crippen molar-refractivity contribution in [2.75, 3.05) is 19.6 Å². The first-order chi connectivity index (χ1) is 10.9. The van der Waals surface area contributed by atoms with Crippen molar-refractivity contribution >= 4 is 15.7 Å². The summed E-state index contributed by atoms with van der Waals surface area (Å²) < 4.78 is 40.9. The number of nitrogens with zero attached hydrogens (tertiary/aromatic N) is 2. The minimum absolute atomic E-state index is 0.232. The fraction of sp³-hybridized carbons (Fsp3) is 0.571. The van der Waals surface area contributed by atoms with Crippen LogP contribution < -0.4 is 5.32 Å². The lowest BCUT2D eigenvalue weighted by Gasteiger charge is -2.33. The Bertz CT molecular complexity index is 675. The van der Waals surface area contributed by atoms with Crippen molar-refractivity contribution < 1.29 is 17.7 Å². The molecule has 2 rings (SSSR count). The molecule has 0 bridgehead atoms. The lowest BCUT2D eigenvalue weighted by atomic mass is 10.1. The molecule has 0 saturated carbocycles. The van der Waals surface area contributed by atoms with E-state index in [9.17, 15) is 22.9 Å². The first-order valence-electron chi connectivity index (χ1n) is 7.55. The van der Waals surface area contributed by atoms with E-state index in [1.807, 2.05) is 6.92 Å². The van der Waals surface area contributed by atoms with Crippen LogP contribution in [0.2, 0.25) is 0 Å². The average molecular weight is 345 g/mol. The van der Waals surface area contributed by atoms with Gasteiger partial charge >= 0.3 is 5.69 Å². The van der Waals surface area contributed by atoms with Crippen molar-refractivity contribution in [3.8, 4) is 0 Å². The molecule has 23 heavy (non-hydrogen) atoms. The number of para-hydroxylation sites is 1. The third-order valence-electron chi connectivity index (χ3n) is 3.88. The number of nitrogens with one attached hydrogen (secondary N) is 1. The second-order valence-corrected chi connectivity index (χ2v) is 7.30. The molecule has 0 aromatic heterocycles. The normalized spacial score (nSPS) is 16.7. The average Bonchev–Trinajstić information content (AvgIpc) is 2.52. The number of hydrogen-bond acceptors (Lipinski definition) is 5. The largest absolute Gasteiger partial charge is 0.324 e. The van der Waals surface area contributed by atoms with E-state index in [0.29, 0.717) is 32.4 Å². The Labute approximate surface area is 134 Å². The second kappa shape index (κ2) is 7.33. The second-order valence-electron chi connectivity index (χ2n) is 5.44. The fourth-order valence-electron chi connectivity index (χ4n) is 2.82. The summed E-state index contributed by atoms with van der Waals surface area (Å²) in [5.41, 5.74) is -0.984. The first-order valence-corrected chi connectivity index (χ1v) is 8.99. The van der Waals surface area contributed by atoms with Gasteiger partial charge in [0.15, 0.2) is 4.90 Å². The minimum atomic E-state index is -4.14. The Morgan fingerprint density at radius 2 is 2.04 bits per heavy atom. The van der Waals surface area contributed by atoms with Crippen LogP contribution in [-0.2, 0) is 10.0 Å². The highest BCUT2D eigenvalue weighted by Crippen LogP contribution is 2.31. The molecule has 1 fully saturated rings. The maximum atomic E-state index is 13.8. The van der Waals surface area contributed by atoms with Crippen molar-refractivity contribution in [1.29, 1.82) is 0 Å². The molecular formula is C14H20FN3O4S. The Morgan fingerprint density at radius 1 is 1.39 bits per heavy atom. The maximum absolute atomic E-state index is 13.8. The highest BCUT2D eigenvalue weighted by atomic mass is 32.2. The van der Waals surface area contributed by atoms with Crippen LogP contribution in [0.5, 0.6) is 0 Å². The summed E-state index contributed by atoms with van der Waals surface area (Å²) in [5, 5.41) is 14.3. The lowest BCUT2D eigenvalue weighted by Crippen LogP contribution is -2.46. The van der Waals surface area contributed by atoms with Crippen molar-refractivity contribution in [2.24, 2.45) is 0 Å². The topological polar surface area (TPSA) is 92.6 Å². The van der Waals surface area contributed by atoms with E-state index in [-0.39, 0.29) is 12.6 Å². The Hall–Kier alpha value is -1.58. The molecular weight excluding hydrogens is 325 g/mol. The van der Waals surface area contributed by atoms with Gasteiger partial charge in [0, 0.05) is 12.6 Å². The van der Waals surface area contributed by atoms with Crippen LogP contribution in [0.15, 0.2) is 23.1 Å². The third kappa shape index (κ3) is 3.67. The van der Waals surface area contributed by atoms with E-state index in [2.05, 4.69) is 5.32 Å². The van der Waals surface area contributed by atoms with Crippen LogP contribution in [0.3, 0.4) is 0 Å². The van der Waals surface area contributed by atoms with Gasteiger partial charge in [-0.2, -0.15) is 8.70 Å². The zero-order valence-corrected chi connectivity index (χ0v) is 13.7. The molecule has 1 saturated heterocycles. The molecule has 1 aliphatic heterocycles. The van der Waals surface area contributed by atoms with E-state index in [0.717, 1.165) is 12.1 Å². The third-order valence-corrected chi connectivity index (χ3v) is 5.86. The fourth-order valence-corrected chi connectivity index (χ4v) is 4.77. The predicted molar refractivity (Wildman–Crippen MR) is 83.1 cm³/mol. The number of rotatable bonds is 6. The van der Waals surface area contributed by atoms with Crippen molar-refractivity contribution in [3.05, 3.63) is 34.1 Å². The number of halogens is 1. The monoisotopic (exact) mass is 345 g/mol. The minimum Gasteiger partial charge on any atom is -0.317 e. The van der Waals surface area contributed by atoms with Gasteiger partial charge in [0.1, 0.15) is 0 Å². The highest BCUT2D eigenvalue weighted by Gasteiger charge is 2.37. The van der Waals surface area contributed by atoms with Gasteiger partial charge in [-0.05, 0) is 44.5 Å². The number of piperidine rings is 1. The molecule has 0 unspecified atom stereocenters. The van der Waals surface area contributed by atoms with Crippen LogP contribution in [0, 0.1) is 15.9 Å². The van der Waals surface area contributed by atoms with Gasteiger partial charge in [-0.15, -0.1) is 0 Å². The van der Waals surface area contributed by atoms with Crippen molar-refractivity contribution in [1.82, 2.24) is 9.62 Å². The molecule has 1 aromatic carbocycles. The summed E-state index contributed by atoms with van der Waals surface area (Å²) in [6.45, 7) is 3.46. The summed E-state index contributed by atoms with van der Waals surface area (Å²) in [5.74, 6) is -1.14. The summed E-state index contributed by atoms with van der Waals surface area (Å²) in [6.07, 6.45) is 1.83. The van der Waals surface area contributed by atoms with Gasteiger partial charge in [-0.1, -0.05) is 13.0 Å². The Kier molecular flexibility index (Phi) is 5.66. The van der Waals surface area contributed by atoms with Gasteiger partial charge in [0.25, 0.3) is 0 Å². The summed E-state index contributed by atoms with van der Waals surface area (Å²) in [4.78, 5) is 9.57. The highest BCUT2D eigenvalue weighted by molar-refractivity contribution is 7.89. The molecule has 1 aromatic rings. The Balaban J connectivity index is 2.49. The zero-order chi connectivity index (χ0) is 17.0. The number of nitro groups is 1. The first kappa shape index (κ1) is 17.8. The molecule has 7 nitrogen and oxygen atoms in total. The molecule has 1 heterocycles. The molecule has 0 aliphatic carbocycles. The molecule has 1 aliphatic rings. The van der Waals surface area contributed by atoms with Gasteiger partial charge in [-0.3, -0.25) is 10.1 Å². The number of hydrogen-bond donors (Lipinski definition) is 1. The number of nitro benzene ring substituents is 1. The molecule has 0 amide bonds. The Morgan fingerprint density at radius 3 is 2.61 bits per heavy atom. The standard InChI is InChI=1S/C14H20FN3O4S/c1-2-10-17(11-6-8-16-9-7-11)23(21,22)13-5-3-4-12(15)14(13)18(19)20/h3-5,11,16H,2,6-10H2,1H3. The van der Waals surface area contributed by atoms with E-state index in [4.69, 9.17) is 0 Å².